The van der Waals surface area contributed by atoms with Crippen molar-refractivity contribution in [2.45, 2.75) is 75.6 Å². The molecule has 3 N–H and O–H groups in total. The molecule has 4 heteroatoms. The zero-order valence-electron chi connectivity index (χ0n) is 11.9. The molecule has 0 aromatic rings. The van der Waals surface area contributed by atoms with Gasteiger partial charge in [0.25, 0.3) is 0 Å². The molecule has 0 aliphatic heterocycles. The van der Waals surface area contributed by atoms with E-state index >= 15 is 0 Å². The Morgan fingerprint density at radius 2 is 1.79 bits per heavy atom. The van der Waals surface area contributed by atoms with E-state index in [1.54, 1.807) is 0 Å². The van der Waals surface area contributed by atoms with Gasteiger partial charge in [-0.05, 0) is 25.7 Å². The summed E-state index contributed by atoms with van der Waals surface area (Å²) < 4.78 is 5.74. The quantitative estimate of drug-likeness (QED) is 0.658. The molecular weight excluding hydrogens is 242 g/mol. The maximum atomic E-state index is 10.2. The topological polar surface area (TPSA) is 61.7 Å². The molecule has 2 fully saturated rings. The highest BCUT2D eigenvalue weighted by atomic mass is 16.5. The number of hydrogen-bond donors (Lipinski definition) is 3. The molecule has 2 rings (SSSR count). The molecule has 0 spiro atoms. The first-order chi connectivity index (χ1) is 9.18. The average molecular weight is 271 g/mol. The van der Waals surface area contributed by atoms with Crippen LogP contribution in [-0.4, -0.2) is 47.7 Å². The summed E-state index contributed by atoms with van der Waals surface area (Å²) in [7, 11) is 0. The number of aliphatic hydroxyl groups is 2. The molecular formula is C15H29NO3. The highest BCUT2D eigenvalue weighted by Crippen LogP contribution is 2.28. The number of rotatable bonds is 7. The van der Waals surface area contributed by atoms with Crippen molar-refractivity contribution in [2.24, 2.45) is 0 Å². The van der Waals surface area contributed by atoms with E-state index in [-0.39, 0.29) is 0 Å². The Hall–Kier alpha value is -0.160. The van der Waals surface area contributed by atoms with E-state index in [1.807, 2.05) is 0 Å². The van der Waals surface area contributed by atoms with Crippen molar-refractivity contribution in [3.05, 3.63) is 0 Å². The average Bonchev–Trinajstić information content (AvgIpc) is 2.85. The van der Waals surface area contributed by atoms with Gasteiger partial charge in [-0.15, -0.1) is 0 Å². The third kappa shape index (κ3) is 5.38. The molecule has 0 bridgehead atoms. The maximum absolute atomic E-state index is 10.2. The number of ether oxygens (including phenoxy) is 1. The van der Waals surface area contributed by atoms with Crippen LogP contribution in [0.15, 0.2) is 0 Å². The molecule has 2 saturated carbocycles. The van der Waals surface area contributed by atoms with Gasteiger partial charge in [0.2, 0.25) is 0 Å². The molecule has 1 atom stereocenters. The second-order valence-corrected chi connectivity index (χ2v) is 6.31. The van der Waals surface area contributed by atoms with E-state index in [1.165, 1.54) is 19.3 Å². The Morgan fingerprint density at radius 3 is 2.47 bits per heavy atom. The van der Waals surface area contributed by atoms with Gasteiger partial charge in [-0.3, -0.25) is 0 Å². The third-order valence-corrected chi connectivity index (χ3v) is 4.44. The highest BCUT2D eigenvalue weighted by molar-refractivity contribution is 4.86. The minimum absolute atomic E-state index is 0.349. The van der Waals surface area contributed by atoms with Crippen LogP contribution in [-0.2, 0) is 4.74 Å². The fourth-order valence-electron chi connectivity index (χ4n) is 3.22. The van der Waals surface area contributed by atoms with E-state index in [2.05, 4.69) is 5.32 Å². The van der Waals surface area contributed by atoms with E-state index < -0.39 is 11.7 Å². The van der Waals surface area contributed by atoms with E-state index in [9.17, 15) is 10.2 Å². The van der Waals surface area contributed by atoms with Gasteiger partial charge >= 0.3 is 0 Å². The lowest BCUT2D eigenvalue weighted by Gasteiger charge is -2.25. The minimum Gasteiger partial charge on any atom is -0.389 e. The molecule has 2 aliphatic carbocycles. The van der Waals surface area contributed by atoms with E-state index in [4.69, 9.17) is 4.74 Å². The molecule has 2 aliphatic rings. The largest absolute Gasteiger partial charge is 0.389 e. The SMILES string of the molecule is OC(CNCC1(O)CCCC1)COC1CCCCC1. The zero-order valence-corrected chi connectivity index (χ0v) is 11.9. The Morgan fingerprint density at radius 1 is 1.11 bits per heavy atom. The molecule has 0 aromatic heterocycles. The van der Waals surface area contributed by atoms with Crippen molar-refractivity contribution >= 4 is 0 Å². The summed E-state index contributed by atoms with van der Waals surface area (Å²) in [6, 6.07) is 0. The number of aliphatic hydroxyl groups excluding tert-OH is 1. The molecule has 19 heavy (non-hydrogen) atoms. The normalized spacial score (nSPS) is 25.6. The van der Waals surface area contributed by atoms with Gasteiger partial charge in [0, 0.05) is 13.1 Å². The summed E-state index contributed by atoms with van der Waals surface area (Å²) in [6.45, 7) is 1.51. The molecule has 112 valence electrons. The van der Waals surface area contributed by atoms with Gasteiger partial charge in [0.15, 0.2) is 0 Å². The van der Waals surface area contributed by atoms with Crippen molar-refractivity contribution < 1.29 is 14.9 Å². The van der Waals surface area contributed by atoms with Gasteiger partial charge < -0.3 is 20.3 Å². The van der Waals surface area contributed by atoms with Crippen molar-refractivity contribution in [3.8, 4) is 0 Å². The van der Waals surface area contributed by atoms with Crippen LogP contribution in [0.5, 0.6) is 0 Å². The summed E-state index contributed by atoms with van der Waals surface area (Å²) >= 11 is 0. The second-order valence-electron chi connectivity index (χ2n) is 6.31. The Balaban J connectivity index is 1.52. The lowest BCUT2D eigenvalue weighted by molar-refractivity contribution is -0.0253. The summed E-state index contributed by atoms with van der Waals surface area (Å²) in [5.74, 6) is 0. The predicted octanol–water partition coefficient (Wildman–Crippen LogP) is 1.59. The number of nitrogens with one attached hydrogen (secondary N) is 1. The third-order valence-electron chi connectivity index (χ3n) is 4.44. The molecule has 1 unspecified atom stereocenters. The first-order valence-corrected chi connectivity index (χ1v) is 7.91. The van der Waals surface area contributed by atoms with Crippen LogP contribution in [0.25, 0.3) is 0 Å². The van der Waals surface area contributed by atoms with Crippen LogP contribution in [0.2, 0.25) is 0 Å². The second kappa shape index (κ2) is 7.58. The lowest BCUT2D eigenvalue weighted by atomic mass is 9.98. The lowest BCUT2D eigenvalue weighted by Crippen LogP contribution is -2.42. The number of hydrogen-bond acceptors (Lipinski definition) is 4. The van der Waals surface area contributed by atoms with Crippen molar-refractivity contribution in [2.75, 3.05) is 19.7 Å². The van der Waals surface area contributed by atoms with Gasteiger partial charge in [0.05, 0.1) is 24.4 Å². The highest BCUT2D eigenvalue weighted by Gasteiger charge is 2.30. The molecule has 0 saturated heterocycles. The van der Waals surface area contributed by atoms with Crippen LogP contribution < -0.4 is 5.32 Å². The first kappa shape index (κ1) is 15.2. The fraction of sp³-hybridized carbons (Fsp3) is 1.00. The molecule has 0 radical (unpaired) electrons. The van der Waals surface area contributed by atoms with Gasteiger partial charge in [-0.1, -0.05) is 32.1 Å². The molecule has 0 heterocycles. The van der Waals surface area contributed by atoms with Gasteiger partial charge in [0.1, 0.15) is 0 Å². The van der Waals surface area contributed by atoms with Crippen LogP contribution in [0.3, 0.4) is 0 Å². The smallest absolute Gasteiger partial charge is 0.0897 e. The fourth-order valence-corrected chi connectivity index (χ4v) is 3.22. The van der Waals surface area contributed by atoms with Crippen LogP contribution in [0.1, 0.15) is 57.8 Å². The van der Waals surface area contributed by atoms with Crippen LogP contribution in [0.4, 0.5) is 0 Å². The Kier molecular flexibility index (Phi) is 6.07. The molecule has 0 amide bonds. The zero-order chi connectivity index (χ0) is 13.6. The maximum Gasteiger partial charge on any atom is 0.0897 e. The summed E-state index contributed by atoms with van der Waals surface area (Å²) in [4.78, 5) is 0. The Bertz CT molecular complexity index is 248. The summed E-state index contributed by atoms with van der Waals surface area (Å²) in [5.41, 5.74) is -0.538. The van der Waals surface area contributed by atoms with Crippen molar-refractivity contribution in [3.63, 3.8) is 0 Å². The summed E-state index contributed by atoms with van der Waals surface area (Å²) in [5, 5.41) is 23.2. The predicted molar refractivity (Wildman–Crippen MR) is 75.1 cm³/mol. The van der Waals surface area contributed by atoms with E-state index in [0.29, 0.717) is 25.8 Å². The van der Waals surface area contributed by atoms with Gasteiger partial charge in [-0.25, -0.2) is 0 Å². The standard InChI is InChI=1S/C15H29NO3/c17-13(11-19-14-6-2-1-3-7-14)10-16-12-15(18)8-4-5-9-15/h13-14,16-18H,1-12H2. The molecule has 0 aromatic carbocycles. The van der Waals surface area contributed by atoms with Gasteiger partial charge in [-0.2, -0.15) is 0 Å². The minimum atomic E-state index is -0.538. The summed E-state index contributed by atoms with van der Waals surface area (Å²) in [6.07, 6.45) is 10.00. The van der Waals surface area contributed by atoms with Crippen LogP contribution >= 0.6 is 0 Å². The van der Waals surface area contributed by atoms with Crippen molar-refractivity contribution in [1.82, 2.24) is 5.32 Å². The monoisotopic (exact) mass is 271 g/mol. The molecule has 4 nitrogen and oxygen atoms in total. The van der Waals surface area contributed by atoms with Crippen LogP contribution in [0, 0.1) is 0 Å². The first-order valence-electron chi connectivity index (χ1n) is 7.91. The van der Waals surface area contributed by atoms with E-state index in [0.717, 1.165) is 38.5 Å². The Labute approximate surface area is 116 Å². The van der Waals surface area contributed by atoms with Crippen molar-refractivity contribution in [1.29, 1.82) is 0 Å².